The summed E-state index contributed by atoms with van der Waals surface area (Å²) in [5.74, 6) is 0.798. The van der Waals surface area contributed by atoms with Crippen LogP contribution in [-0.2, 0) is 4.79 Å². The van der Waals surface area contributed by atoms with Crippen molar-refractivity contribution in [1.82, 2.24) is 0 Å². The zero-order valence-electron chi connectivity index (χ0n) is 9.70. The van der Waals surface area contributed by atoms with Crippen molar-refractivity contribution < 1.29 is 19.1 Å². The molecule has 0 atom stereocenters. The Morgan fingerprint density at radius 2 is 1.94 bits per heavy atom. The largest absolute Gasteiger partial charge is 0.454 e. The second-order valence-corrected chi connectivity index (χ2v) is 3.71. The van der Waals surface area contributed by atoms with Crippen molar-refractivity contribution >= 4 is 17.4 Å². The van der Waals surface area contributed by atoms with Gasteiger partial charge in [0.2, 0.25) is 12.7 Å². The molecule has 0 spiro atoms. The number of carbonyl (C=O) groups is 2. The molecule has 2 rings (SSSR count). The van der Waals surface area contributed by atoms with E-state index in [4.69, 9.17) is 9.47 Å². The number of ketones is 1. The van der Waals surface area contributed by atoms with Gasteiger partial charge in [-0.1, -0.05) is 6.92 Å². The Morgan fingerprint density at radius 3 is 2.53 bits per heavy atom. The third-order valence-corrected chi connectivity index (χ3v) is 2.49. The normalized spacial score (nSPS) is 12.4. The molecule has 0 unspecified atom stereocenters. The molecular formula is C12H13NO4. The van der Waals surface area contributed by atoms with E-state index in [9.17, 15) is 9.59 Å². The first-order chi connectivity index (χ1) is 8.11. The first kappa shape index (κ1) is 11.4. The number of hydrogen-bond donors (Lipinski definition) is 1. The molecule has 0 saturated heterocycles. The highest BCUT2D eigenvalue weighted by molar-refractivity contribution is 6.04. The molecule has 5 heteroatoms. The first-order valence-corrected chi connectivity index (χ1v) is 5.36. The van der Waals surface area contributed by atoms with E-state index in [0.29, 0.717) is 29.2 Å². The smallest absolute Gasteiger partial charge is 0.231 e. The Kier molecular flexibility index (Phi) is 2.99. The number of ether oxygens (including phenoxy) is 2. The zero-order chi connectivity index (χ0) is 12.4. The van der Waals surface area contributed by atoms with E-state index in [1.54, 1.807) is 19.1 Å². The van der Waals surface area contributed by atoms with Gasteiger partial charge >= 0.3 is 0 Å². The first-order valence-electron chi connectivity index (χ1n) is 5.36. The van der Waals surface area contributed by atoms with Gasteiger partial charge in [-0.15, -0.1) is 0 Å². The van der Waals surface area contributed by atoms with Gasteiger partial charge in [-0.3, -0.25) is 9.59 Å². The Morgan fingerprint density at radius 1 is 1.29 bits per heavy atom. The quantitative estimate of drug-likeness (QED) is 0.813. The number of hydrogen-bond acceptors (Lipinski definition) is 4. The highest BCUT2D eigenvalue weighted by atomic mass is 16.7. The summed E-state index contributed by atoms with van der Waals surface area (Å²) in [5.41, 5.74) is 0.893. The van der Waals surface area contributed by atoms with Gasteiger partial charge in [-0.25, -0.2) is 0 Å². The maximum Gasteiger partial charge on any atom is 0.231 e. The molecule has 0 fully saturated rings. The summed E-state index contributed by atoms with van der Waals surface area (Å²) in [6, 6.07) is 3.21. The minimum atomic E-state index is -0.147. The molecule has 17 heavy (non-hydrogen) atoms. The third-order valence-electron chi connectivity index (χ3n) is 2.49. The summed E-state index contributed by atoms with van der Waals surface area (Å²) >= 11 is 0. The van der Waals surface area contributed by atoms with Crippen molar-refractivity contribution in [2.75, 3.05) is 12.1 Å². The Hall–Kier alpha value is -2.04. The predicted octanol–water partition coefficient (Wildman–Crippen LogP) is 1.97. The molecule has 0 aliphatic carbocycles. The molecule has 5 nitrogen and oxygen atoms in total. The van der Waals surface area contributed by atoms with Crippen molar-refractivity contribution in [2.45, 2.75) is 20.3 Å². The average Bonchev–Trinajstić information content (AvgIpc) is 2.74. The Balaban J connectivity index is 2.41. The van der Waals surface area contributed by atoms with Gasteiger partial charge < -0.3 is 14.8 Å². The SMILES string of the molecule is CCC(=O)Nc1cc2c(cc1C(C)=O)OCO2. The maximum absolute atomic E-state index is 11.5. The van der Waals surface area contributed by atoms with Crippen molar-refractivity contribution in [1.29, 1.82) is 0 Å². The van der Waals surface area contributed by atoms with E-state index in [1.807, 2.05) is 0 Å². The Bertz CT molecular complexity index is 482. The van der Waals surface area contributed by atoms with E-state index >= 15 is 0 Å². The van der Waals surface area contributed by atoms with Gasteiger partial charge in [-0.2, -0.15) is 0 Å². The Labute approximate surface area is 98.7 Å². The van der Waals surface area contributed by atoms with Crippen LogP contribution in [0.25, 0.3) is 0 Å². The molecule has 1 aromatic rings. The van der Waals surface area contributed by atoms with Crippen molar-refractivity contribution in [3.63, 3.8) is 0 Å². The lowest BCUT2D eigenvalue weighted by atomic mass is 10.1. The van der Waals surface area contributed by atoms with Crippen LogP contribution >= 0.6 is 0 Å². The van der Waals surface area contributed by atoms with Crippen LogP contribution in [0.3, 0.4) is 0 Å². The fraction of sp³-hybridized carbons (Fsp3) is 0.333. The third kappa shape index (κ3) is 2.22. The fourth-order valence-corrected chi connectivity index (χ4v) is 1.58. The lowest BCUT2D eigenvalue weighted by Crippen LogP contribution is -2.12. The molecule has 1 aliphatic heterocycles. The lowest BCUT2D eigenvalue weighted by Gasteiger charge is -2.09. The predicted molar refractivity (Wildman–Crippen MR) is 61.5 cm³/mol. The summed E-state index contributed by atoms with van der Waals surface area (Å²) in [6.45, 7) is 3.33. The van der Waals surface area contributed by atoms with Crippen molar-refractivity contribution in [2.24, 2.45) is 0 Å². The number of Topliss-reactive ketones (excluding diaryl/α,β-unsaturated/α-hetero) is 1. The molecule has 1 amide bonds. The highest BCUT2D eigenvalue weighted by Crippen LogP contribution is 2.37. The van der Waals surface area contributed by atoms with Crippen molar-refractivity contribution in [3.8, 4) is 11.5 Å². The molecule has 1 heterocycles. The van der Waals surface area contributed by atoms with Crippen LogP contribution in [0.15, 0.2) is 12.1 Å². The monoisotopic (exact) mass is 235 g/mol. The van der Waals surface area contributed by atoms with E-state index < -0.39 is 0 Å². The minimum Gasteiger partial charge on any atom is -0.454 e. The van der Waals surface area contributed by atoms with Gasteiger partial charge in [-0.05, 0) is 13.0 Å². The number of rotatable bonds is 3. The lowest BCUT2D eigenvalue weighted by molar-refractivity contribution is -0.115. The number of amides is 1. The van der Waals surface area contributed by atoms with Crippen LogP contribution in [-0.4, -0.2) is 18.5 Å². The summed E-state index contributed by atoms with van der Waals surface area (Å²) in [5, 5.41) is 2.68. The zero-order valence-corrected chi connectivity index (χ0v) is 9.70. The summed E-state index contributed by atoms with van der Waals surface area (Å²) in [7, 11) is 0. The summed E-state index contributed by atoms with van der Waals surface area (Å²) < 4.78 is 10.4. The van der Waals surface area contributed by atoms with Crippen molar-refractivity contribution in [3.05, 3.63) is 17.7 Å². The van der Waals surface area contributed by atoms with Gasteiger partial charge in [0, 0.05) is 18.1 Å². The number of fused-ring (bicyclic) bond motifs is 1. The number of nitrogens with one attached hydrogen (secondary N) is 1. The van der Waals surface area contributed by atoms with E-state index in [2.05, 4.69) is 5.32 Å². The van der Waals surface area contributed by atoms with Gasteiger partial charge in [0.15, 0.2) is 17.3 Å². The van der Waals surface area contributed by atoms with Gasteiger partial charge in [0.25, 0.3) is 0 Å². The molecule has 0 saturated carbocycles. The number of carbonyl (C=O) groups excluding carboxylic acids is 2. The van der Waals surface area contributed by atoms with E-state index in [1.165, 1.54) is 6.92 Å². The molecule has 1 N–H and O–H groups in total. The molecule has 1 aliphatic rings. The number of benzene rings is 1. The fourth-order valence-electron chi connectivity index (χ4n) is 1.58. The average molecular weight is 235 g/mol. The molecule has 90 valence electrons. The van der Waals surface area contributed by atoms with Crippen LogP contribution in [0.2, 0.25) is 0 Å². The number of anilines is 1. The molecular weight excluding hydrogens is 222 g/mol. The van der Waals surface area contributed by atoms with E-state index in [0.717, 1.165) is 0 Å². The van der Waals surface area contributed by atoms with Crippen LogP contribution in [0.1, 0.15) is 30.6 Å². The van der Waals surface area contributed by atoms with Crippen LogP contribution in [0, 0.1) is 0 Å². The van der Waals surface area contributed by atoms with Gasteiger partial charge in [0.1, 0.15) is 0 Å². The van der Waals surface area contributed by atoms with E-state index in [-0.39, 0.29) is 18.5 Å². The van der Waals surface area contributed by atoms with Gasteiger partial charge in [0.05, 0.1) is 5.69 Å². The summed E-state index contributed by atoms with van der Waals surface area (Å²) in [4.78, 5) is 22.8. The standard InChI is InChI=1S/C12H13NO4/c1-3-12(15)13-9-5-11-10(16-6-17-11)4-8(9)7(2)14/h4-5H,3,6H2,1-2H3,(H,13,15). The highest BCUT2D eigenvalue weighted by Gasteiger charge is 2.19. The maximum atomic E-state index is 11.5. The molecule has 0 bridgehead atoms. The topological polar surface area (TPSA) is 64.6 Å². The van der Waals surface area contributed by atoms with Crippen LogP contribution < -0.4 is 14.8 Å². The molecule has 0 radical (unpaired) electrons. The van der Waals surface area contributed by atoms with Crippen LogP contribution in [0.4, 0.5) is 5.69 Å². The minimum absolute atomic E-state index is 0.130. The molecule has 0 aromatic heterocycles. The molecule has 1 aromatic carbocycles. The second-order valence-electron chi connectivity index (χ2n) is 3.71. The second kappa shape index (κ2) is 4.45. The van der Waals surface area contributed by atoms with Crippen LogP contribution in [0.5, 0.6) is 11.5 Å². The summed E-state index contributed by atoms with van der Waals surface area (Å²) in [6.07, 6.45) is 0.353.